The van der Waals surface area contributed by atoms with Crippen LogP contribution in [0.3, 0.4) is 0 Å². The molecular formula is C21H14FN3O2. The number of halogens is 1. The van der Waals surface area contributed by atoms with Crippen LogP contribution in [0.5, 0.6) is 0 Å². The highest BCUT2D eigenvalue weighted by molar-refractivity contribution is 6.15. The highest BCUT2D eigenvalue weighted by Crippen LogP contribution is 2.33. The molecule has 1 N–H and O–H groups in total. The van der Waals surface area contributed by atoms with Crippen molar-refractivity contribution >= 4 is 11.7 Å². The molecule has 3 aromatic rings. The molecule has 0 bridgehead atoms. The molecular weight excluding hydrogens is 345 g/mol. The van der Waals surface area contributed by atoms with Crippen LogP contribution in [0.15, 0.2) is 53.8 Å². The van der Waals surface area contributed by atoms with Crippen LogP contribution in [0.25, 0.3) is 5.69 Å². The summed E-state index contributed by atoms with van der Waals surface area (Å²) in [5.74, 6) is 1.02. The Hall–Kier alpha value is -3.72. The number of imidazole rings is 1. The van der Waals surface area contributed by atoms with Crippen molar-refractivity contribution in [3.05, 3.63) is 82.7 Å². The highest BCUT2D eigenvalue weighted by atomic mass is 19.1. The minimum atomic E-state index is -1.14. The van der Waals surface area contributed by atoms with Gasteiger partial charge in [-0.2, -0.15) is 0 Å². The molecule has 4 rings (SSSR count). The Labute approximate surface area is 154 Å². The van der Waals surface area contributed by atoms with E-state index >= 15 is 0 Å². The summed E-state index contributed by atoms with van der Waals surface area (Å²) in [6, 6.07) is 11.1. The Bertz CT molecular complexity index is 1150. The van der Waals surface area contributed by atoms with Gasteiger partial charge < -0.3 is 5.11 Å². The first-order chi connectivity index (χ1) is 13.0. The van der Waals surface area contributed by atoms with Gasteiger partial charge in [-0.15, -0.1) is 6.42 Å². The number of carbonyl (C=O) groups is 1. The minimum Gasteiger partial charge on any atom is -0.476 e. The number of terminal acetylenes is 1. The van der Waals surface area contributed by atoms with Crippen molar-refractivity contribution in [2.75, 3.05) is 0 Å². The van der Waals surface area contributed by atoms with Crippen LogP contribution in [0.1, 0.15) is 45.8 Å². The SMILES string of the molecule is C#Cc1ccc2c(c1)C(c1ccccc1F)=N[C@@H](C)c1c(C(=O)O)ncn1-2. The average Bonchev–Trinajstić information content (AvgIpc) is 3.07. The lowest BCUT2D eigenvalue weighted by Crippen LogP contribution is -2.09. The number of benzene rings is 2. The van der Waals surface area contributed by atoms with Gasteiger partial charge in [-0.1, -0.05) is 18.1 Å². The summed E-state index contributed by atoms with van der Waals surface area (Å²) in [5, 5.41) is 9.49. The molecule has 0 unspecified atom stereocenters. The average molecular weight is 359 g/mol. The largest absolute Gasteiger partial charge is 0.476 e. The molecule has 0 saturated heterocycles. The number of carboxylic acid groups (broad SMARTS) is 1. The number of carboxylic acids is 1. The van der Waals surface area contributed by atoms with Gasteiger partial charge in [0.2, 0.25) is 0 Å². The summed E-state index contributed by atoms with van der Waals surface area (Å²) in [6.45, 7) is 1.76. The molecule has 0 spiro atoms. The molecule has 0 aliphatic carbocycles. The number of aliphatic imine (C=N–C) groups is 1. The maximum atomic E-state index is 14.5. The molecule has 1 aliphatic heterocycles. The molecule has 0 fully saturated rings. The number of fused-ring (bicyclic) bond motifs is 3. The van der Waals surface area contributed by atoms with Crippen LogP contribution in [0.4, 0.5) is 4.39 Å². The van der Waals surface area contributed by atoms with Gasteiger partial charge in [0.1, 0.15) is 12.1 Å². The second-order valence-electron chi connectivity index (χ2n) is 6.16. The van der Waals surface area contributed by atoms with Crippen molar-refractivity contribution in [1.29, 1.82) is 0 Å². The molecule has 2 heterocycles. The fourth-order valence-corrected chi connectivity index (χ4v) is 3.33. The zero-order valence-corrected chi connectivity index (χ0v) is 14.3. The lowest BCUT2D eigenvalue weighted by Gasteiger charge is -2.12. The topological polar surface area (TPSA) is 67.5 Å². The first kappa shape index (κ1) is 16.7. The number of nitrogens with zero attached hydrogens (tertiary/aromatic N) is 3. The predicted octanol–water partition coefficient (Wildman–Crippen LogP) is 3.60. The molecule has 27 heavy (non-hydrogen) atoms. The van der Waals surface area contributed by atoms with E-state index < -0.39 is 17.8 Å². The number of rotatable bonds is 2. The van der Waals surface area contributed by atoms with Gasteiger partial charge in [0.25, 0.3) is 0 Å². The summed E-state index contributed by atoms with van der Waals surface area (Å²) >= 11 is 0. The second kappa shape index (κ2) is 6.22. The zero-order valence-electron chi connectivity index (χ0n) is 14.3. The number of hydrogen-bond donors (Lipinski definition) is 1. The smallest absolute Gasteiger partial charge is 0.356 e. The molecule has 1 aromatic heterocycles. The molecule has 6 heteroatoms. The Morgan fingerprint density at radius 3 is 2.74 bits per heavy atom. The molecule has 2 aromatic carbocycles. The monoisotopic (exact) mass is 359 g/mol. The van der Waals surface area contributed by atoms with Gasteiger partial charge >= 0.3 is 5.97 Å². The molecule has 132 valence electrons. The second-order valence-corrected chi connectivity index (χ2v) is 6.16. The summed E-state index contributed by atoms with van der Waals surface area (Å²) in [5.41, 5.74) is 3.00. The summed E-state index contributed by atoms with van der Waals surface area (Å²) in [6.07, 6.45) is 6.99. The molecule has 0 radical (unpaired) electrons. The molecule has 0 amide bonds. The van der Waals surface area contributed by atoms with Gasteiger partial charge in [-0.25, -0.2) is 14.2 Å². The number of aromatic nitrogens is 2. The lowest BCUT2D eigenvalue weighted by molar-refractivity contribution is 0.0689. The first-order valence-corrected chi connectivity index (χ1v) is 8.26. The fraction of sp³-hybridized carbons (Fsp3) is 0.0952. The van der Waals surface area contributed by atoms with E-state index in [-0.39, 0.29) is 5.69 Å². The van der Waals surface area contributed by atoms with Crippen LogP contribution in [0.2, 0.25) is 0 Å². The molecule has 1 atom stereocenters. The van der Waals surface area contributed by atoms with Crippen LogP contribution < -0.4 is 0 Å². The standard InChI is InChI=1S/C21H14FN3O2/c1-3-13-8-9-17-15(10-13)18(14-6-4-5-7-16(14)22)24-12(2)20-19(21(26)27)23-11-25(17)20/h1,4-12H,2H3,(H,26,27)/t12-/m0/s1. The van der Waals surface area contributed by atoms with Crippen molar-refractivity contribution < 1.29 is 14.3 Å². The van der Waals surface area contributed by atoms with Crippen LogP contribution >= 0.6 is 0 Å². The summed E-state index contributed by atoms with van der Waals surface area (Å²) in [7, 11) is 0. The van der Waals surface area contributed by atoms with Crippen molar-refractivity contribution in [2.24, 2.45) is 4.99 Å². The van der Waals surface area contributed by atoms with E-state index in [2.05, 4.69) is 15.9 Å². The van der Waals surface area contributed by atoms with Crippen molar-refractivity contribution in [3.8, 4) is 18.0 Å². The van der Waals surface area contributed by atoms with E-state index in [0.717, 1.165) is 0 Å². The van der Waals surface area contributed by atoms with Gasteiger partial charge in [0.05, 0.1) is 23.1 Å². The van der Waals surface area contributed by atoms with Crippen LogP contribution in [-0.2, 0) is 0 Å². The Morgan fingerprint density at radius 2 is 2.04 bits per heavy atom. The quantitative estimate of drug-likeness (QED) is 0.711. The maximum absolute atomic E-state index is 14.5. The van der Waals surface area contributed by atoms with Crippen molar-refractivity contribution in [1.82, 2.24) is 9.55 Å². The Morgan fingerprint density at radius 1 is 1.26 bits per heavy atom. The number of hydrogen-bond acceptors (Lipinski definition) is 3. The van der Waals surface area contributed by atoms with E-state index in [4.69, 9.17) is 6.42 Å². The summed E-state index contributed by atoms with van der Waals surface area (Å²) in [4.78, 5) is 20.3. The predicted molar refractivity (Wildman–Crippen MR) is 98.9 cm³/mol. The number of aromatic carboxylic acids is 1. The van der Waals surface area contributed by atoms with Gasteiger partial charge in [-0.3, -0.25) is 9.56 Å². The van der Waals surface area contributed by atoms with Crippen molar-refractivity contribution in [2.45, 2.75) is 13.0 Å². The maximum Gasteiger partial charge on any atom is 0.356 e. The van der Waals surface area contributed by atoms with E-state index in [9.17, 15) is 14.3 Å². The van der Waals surface area contributed by atoms with Crippen molar-refractivity contribution in [3.63, 3.8) is 0 Å². The lowest BCUT2D eigenvalue weighted by atomic mass is 9.98. The zero-order chi connectivity index (χ0) is 19.1. The molecule has 5 nitrogen and oxygen atoms in total. The highest BCUT2D eigenvalue weighted by Gasteiger charge is 2.29. The third kappa shape index (κ3) is 2.61. The van der Waals surface area contributed by atoms with Gasteiger partial charge in [0.15, 0.2) is 5.69 Å². The van der Waals surface area contributed by atoms with E-state index in [1.54, 1.807) is 47.9 Å². The van der Waals surface area contributed by atoms with E-state index in [1.807, 2.05) is 0 Å². The Balaban J connectivity index is 2.08. The Kier molecular flexibility index (Phi) is 3.85. The summed E-state index contributed by atoms with van der Waals surface area (Å²) < 4.78 is 16.2. The third-order valence-electron chi connectivity index (χ3n) is 4.53. The van der Waals surface area contributed by atoms with Crippen LogP contribution in [-0.4, -0.2) is 26.3 Å². The first-order valence-electron chi connectivity index (χ1n) is 8.26. The molecule has 0 saturated carbocycles. The van der Waals surface area contributed by atoms with Gasteiger partial charge in [0, 0.05) is 16.7 Å². The van der Waals surface area contributed by atoms with Gasteiger partial charge in [-0.05, 0) is 37.3 Å². The minimum absolute atomic E-state index is 0.0759. The normalized spacial score (nSPS) is 15.1. The van der Waals surface area contributed by atoms with Crippen LogP contribution in [0, 0.1) is 18.2 Å². The molecule has 1 aliphatic rings. The fourth-order valence-electron chi connectivity index (χ4n) is 3.33. The third-order valence-corrected chi connectivity index (χ3v) is 4.53. The van der Waals surface area contributed by atoms with E-state index in [0.29, 0.717) is 33.8 Å². The van der Waals surface area contributed by atoms with E-state index in [1.165, 1.54) is 12.4 Å².